The molecule has 1 amide bonds. The van der Waals surface area contributed by atoms with E-state index in [4.69, 9.17) is 16.3 Å². The molecule has 1 aliphatic carbocycles. The van der Waals surface area contributed by atoms with Crippen LogP contribution in [0.2, 0.25) is 5.02 Å². The van der Waals surface area contributed by atoms with Crippen LogP contribution < -0.4 is 10.6 Å². The number of amides is 1. The van der Waals surface area contributed by atoms with Gasteiger partial charge in [0, 0.05) is 17.6 Å². The van der Waals surface area contributed by atoms with Crippen LogP contribution >= 0.6 is 11.6 Å². The van der Waals surface area contributed by atoms with E-state index in [9.17, 15) is 14.7 Å². The number of alkyl carbamates (subject to hydrolysis) is 1. The Morgan fingerprint density at radius 1 is 1.27 bits per heavy atom. The molecule has 0 aromatic heterocycles. The van der Waals surface area contributed by atoms with Crippen LogP contribution in [0.15, 0.2) is 24.3 Å². The highest BCUT2D eigenvalue weighted by molar-refractivity contribution is 6.30. The van der Waals surface area contributed by atoms with Gasteiger partial charge in [-0.25, -0.2) is 4.79 Å². The van der Waals surface area contributed by atoms with Gasteiger partial charge in [0.1, 0.15) is 11.1 Å². The number of rotatable bonds is 7. The van der Waals surface area contributed by atoms with Crippen LogP contribution in [-0.4, -0.2) is 40.9 Å². The van der Waals surface area contributed by atoms with Crippen LogP contribution in [0.5, 0.6) is 0 Å². The third-order valence-corrected chi connectivity index (χ3v) is 4.67. The molecule has 1 atom stereocenters. The predicted molar refractivity (Wildman–Crippen MR) is 101 cm³/mol. The third kappa shape index (κ3) is 5.88. The summed E-state index contributed by atoms with van der Waals surface area (Å²) in [6, 6.07) is 7.06. The SMILES string of the molecule is CC(C)(C)OC(=O)NC(CNC1(C(=O)O)CCC1)Cc1ccc(Cl)cc1. The molecule has 1 aromatic rings. The molecule has 0 aliphatic heterocycles. The summed E-state index contributed by atoms with van der Waals surface area (Å²) >= 11 is 5.92. The van der Waals surface area contributed by atoms with Crippen LogP contribution in [0.25, 0.3) is 0 Å². The first kappa shape index (κ1) is 20.5. The van der Waals surface area contributed by atoms with Crippen LogP contribution in [0.3, 0.4) is 0 Å². The Bertz CT molecular complexity index is 636. The third-order valence-electron chi connectivity index (χ3n) is 4.42. The second kappa shape index (κ2) is 8.27. The summed E-state index contributed by atoms with van der Waals surface area (Å²) < 4.78 is 5.33. The summed E-state index contributed by atoms with van der Waals surface area (Å²) in [6.07, 6.45) is 2.11. The van der Waals surface area contributed by atoms with Crippen LogP contribution in [0.4, 0.5) is 4.79 Å². The largest absolute Gasteiger partial charge is 0.480 e. The number of benzene rings is 1. The Balaban J connectivity index is 2.03. The summed E-state index contributed by atoms with van der Waals surface area (Å²) in [5.74, 6) is -0.841. The van der Waals surface area contributed by atoms with Crippen molar-refractivity contribution in [2.45, 2.75) is 63.6 Å². The van der Waals surface area contributed by atoms with Crippen molar-refractivity contribution in [1.82, 2.24) is 10.6 Å². The highest BCUT2D eigenvalue weighted by Crippen LogP contribution is 2.32. The number of nitrogens with one attached hydrogen (secondary N) is 2. The van der Waals surface area contributed by atoms with Gasteiger partial charge in [0.2, 0.25) is 0 Å². The molecular weight excluding hydrogens is 356 g/mol. The zero-order chi connectivity index (χ0) is 19.4. The average molecular weight is 383 g/mol. The average Bonchev–Trinajstić information content (AvgIpc) is 2.45. The van der Waals surface area contributed by atoms with Crippen LogP contribution in [0.1, 0.15) is 45.6 Å². The Morgan fingerprint density at radius 3 is 2.35 bits per heavy atom. The van der Waals surface area contributed by atoms with Gasteiger partial charge >= 0.3 is 12.1 Å². The van der Waals surface area contributed by atoms with Crippen molar-refractivity contribution < 1.29 is 19.4 Å². The van der Waals surface area contributed by atoms with Crippen molar-refractivity contribution >= 4 is 23.7 Å². The molecule has 1 saturated carbocycles. The monoisotopic (exact) mass is 382 g/mol. The summed E-state index contributed by atoms with van der Waals surface area (Å²) in [5, 5.41) is 16.1. The molecular formula is C19H27ClN2O4. The number of hydrogen-bond donors (Lipinski definition) is 3. The maximum atomic E-state index is 12.2. The van der Waals surface area contributed by atoms with E-state index in [-0.39, 0.29) is 6.04 Å². The summed E-state index contributed by atoms with van der Waals surface area (Å²) in [6.45, 7) is 5.74. The minimum absolute atomic E-state index is 0.303. The molecule has 0 heterocycles. The van der Waals surface area contributed by atoms with Crippen LogP contribution in [0, 0.1) is 0 Å². The number of aliphatic carboxylic acids is 1. The molecule has 6 nitrogen and oxygen atoms in total. The zero-order valence-corrected chi connectivity index (χ0v) is 16.2. The van der Waals surface area contributed by atoms with Gasteiger partial charge in [0.25, 0.3) is 0 Å². The smallest absolute Gasteiger partial charge is 0.407 e. The van der Waals surface area contributed by atoms with E-state index >= 15 is 0 Å². The van der Waals surface area contributed by atoms with Gasteiger partial charge in [-0.05, 0) is 64.2 Å². The molecule has 7 heteroatoms. The summed E-state index contributed by atoms with van der Waals surface area (Å²) in [7, 11) is 0. The molecule has 26 heavy (non-hydrogen) atoms. The highest BCUT2D eigenvalue weighted by Gasteiger charge is 2.44. The number of carboxylic acids is 1. The van der Waals surface area contributed by atoms with Gasteiger partial charge in [0.05, 0.1) is 0 Å². The molecule has 0 saturated heterocycles. The van der Waals surface area contributed by atoms with Gasteiger partial charge in [-0.3, -0.25) is 10.1 Å². The van der Waals surface area contributed by atoms with E-state index in [1.807, 2.05) is 12.1 Å². The van der Waals surface area contributed by atoms with Gasteiger partial charge in [-0.2, -0.15) is 0 Å². The first-order valence-electron chi connectivity index (χ1n) is 8.82. The lowest BCUT2D eigenvalue weighted by Gasteiger charge is -2.39. The summed E-state index contributed by atoms with van der Waals surface area (Å²) in [5.41, 5.74) is -0.484. The molecule has 1 aromatic carbocycles. The molecule has 0 bridgehead atoms. The molecule has 144 valence electrons. The van der Waals surface area contributed by atoms with Crippen molar-refractivity contribution in [3.8, 4) is 0 Å². The maximum Gasteiger partial charge on any atom is 0.407 e. The topological polar surface area (TPSA) is 87.7 Å². The van der Waals surface area contributed by atoms with E-state index < -0.39 is 23.2 Å². The first-order chi connectivity index (χ1) is 12.1. The minimum atomic E-state index is -0.881. The number of carbonyl (C=O) groups is 2. The van der Waals surface area contributed by atoms with Crippen molar-refractivity contribution in [2.75, 3.05) is 6.54 Å². The van der Waals surface area contributed by atoms with Gasteiger partial charge < -0.3 is 15.2 Å². The van der Waals surface area contributed by atoms with E-state index in [2.05, 4.69) is 10.6 Å². The Labute approximate surface area is 159 Å². The second-order valence-electron chi connectivity index (χ2n) is 7.80. The number of hydrogen-bond acceptors (Lipinski definition) is 4. The zero-order valence-electron chi connectivity index (χ0n) is 15.5. The van der Waals surface area contributed by atoms with E-state index in [0.29, 0.717) is 30.8 Å². The first-order valence-corrected chi connectivity index (χ1v) is 9.20. The maximum absolute atomic E-state index is 12.2. The molecule has 1 unspecified atom stereocenters. The van der Waals surface area contributed by atoms with E-state index in [1.54, 1.807) is 32.9 Å². The lowest BCUT2D eigenvalue weighted by Crippen LogP contribution is -2.60. The number of halogens is 1. The number of carboxylic acid groups (broad SMARTS) is 1. The molecule has 0 radical (unpaired) electrons. The fourth-order valence-corrected chi connectivity index (χ4v) is 2.99. The standard InChI is InChI=1S/C19H27ClN2O4/c1-18(2,3)26-17(25)22-15(11-13-5-7-14(20)8-6-13)12-21-19(16(23)24)9-4-10-19/h5-8,15,21H,4,9-12H2,1-3H3,(H,22,25)(H,23,24). The molecule has 0 spiro atoms. The van der Waals surface area contributed by atoms with Crippen molar-refractivity contribution in [3.63, 3.8) is 0 Å². The van der Waals surface area contributed by atoms with Gasteiger partial charge in [-0.15, -0.1) is 0 Å². The highest BCUT2D eigenvalue weighted by atomic mass is 35.5. The van der Waals surface area contributed by atoms with Crippen LogP contribution in [-0.2, 0) is 16.0 Å². The van der Waals surface area contributed by atoms with E-state index in [1.165, 1.54) is 0 Å². The molecule has 3 N–H and O–H groups in total. The predicted octanol–water partition coefficient (Wildman–Crippen LogP) is 3.37. The van der Waals surface area contributed by atoms with Gasteiger partial charge in [-0.1, -0.05) is 23.7 Å². The Hall–Kier alpha value is -1.79. The molecule has 1 aliphatic rings. The minimum Gasteiger partial charge on any atom is -0.480 e. The quantitative estimate of drug-likeness (QED) is 0.672. The van der Waals surface area contributed by atoms with Crippen molar-refractivity contribution in [3.05, 3.63) is 34.9 Å². The molecule has 1 fully saturated rings. The molecule has 2 rings (SSSR count). The lowest BCUT2D eigenvalue weighted by atomic mass is 9.76. The number of carbonyl (C=O) groups excluding carboxylic acids is 1. The number of ether oxygens (including phenoxy) is 1. The van der Waals surface area contributed by atoms with Gasteiger partial charge in [0.15, 0.2) is 0 Å². The Kier molecular flexibility index (Phi) is 6.53. The van der Waals surface area contributed by atoms with Crippen molar-refractivity contribution in [1.29, 1.82) is 0 Å². The summed E-state index contributed by atoms with van der Waals surface area (Å²) in [4.78, 5) is 23.7. The second-order valence-corrected chi connectivity index (χ2v) is 8.23. The van der Waals surface area contributed by atoms with Crippen molar-refractivity contribution in [2.24, 2.45) is 0 Å². The normalized spacial score (nSPS) is 17.1. The lowest BCUT2D eigenvalue weighted by molar-refractivity contribution is -0.148. The fraction of sp³-hybridized carbons (Fsp3) is 0.579. The van der Waals surface area contributed by atoms with E-state index in [0.717, 1.165) is 12.0 Å². The fourth-order valence-electron chi connectivity index (χ4n) is 2.87. The Morgan fingerprint density at radius 2 is 1.88 bits per heavy atom.